The van der Waals surface area contributed by atoms with Crippen molar-refractivity contribution in [2.75, 3.05) is 18.5 Å². The van der Waals surface area contributed by atoms with Gasteiger partial charge in [0.2, 0.25) is 5.91 Å². The summed E-state index contributed by atoms with van der Waals surface area (Å²) in [5.41, 5.74) is 4.81. The first-order valence-corrected chi connectivity index (χ1v) is 14.5. The lowest BCUT2D eigenvalue weighted by molar-refractivity contribution is -0.115. The minimum atomic E-state index is -0.396. The van der Waals surface area contributed by atoms with Crippen LogP contribution in [-0.4, -0.2) is 40.2 Å². The van der Waals surface area contributed by atoms with Gasteiger partial charge in [0.1, 0.15) is 5.00 Å². The van der Waals surface area contributed by atoms with E-state index in [-0.39, 0.29) is 18.5 Å². The Morgan fingerprint density at radius 2 is 1.92 bits per heavy atom. The van der Waals surface area contributed by atoms with Crippen LogP contribution in [0, 0.1) is 6.92 Å². The number of rotatable bonds is 8. The summed E-state index contributed by atoms with van der Waals surface area (Å²) in [6, 6.07) is 20.4. The fraction of sp³-hybridized carbons (Fsp3) is 0.300. The van der Waals surface area contributed by atoms with Crippen LogP contribution < -0.4 is 5.32 Å². The molecule has 2 aromatic heterocycles. The van der Waals surface area contributed by atoms with Crippen LogP contribution in [0.3, 0.4) is 0 Å². The van der Waals surface area contributed by atoms with Crippen LogP contribution in [0.15, 0.2) is 65.7 Å². The molecule has 5 rings (SSSR count). The molecule has 6 nitrogen and oxygen atoms in total. The summed E-state index contributed by atoms with van der Waals surface area (Å²) >= 11 is 2.91. The fourth-order valence-corrected chi connectivity index (χ4v) is 6.97. The predicted molar refractivity (Wildman–Crippen MR) is 155 cm³/mol. The number of amides is 1. The van der Waals surface area contributed by atoms with Gasteiger partial charge in [0.15, 0.2) is 0 Å². The lowest BCUT2D eigenvalue weighted by atomic mass is 10.0. The molecule has 0 saturated heterocycles. The van der Waals surface area contributed by atoms with Crippen molar-refractivity contribution in [2.45, 2.75) is 50.6 Å². The number of carbonyl (C=O) groups is 2. The molecule has 38 heavy (non-hydrogen) atoms. The van der Waals surface area contributed by atoms with Crippen LogP contribution in [0.25, 0.3) is 10.9 Å². The Labute approximate surface area is 231 Å². The number of pyridine rings is 1. The average molecular weight is 546 g/mol. The molecule has 0 aliphatic carbocycles. The normalized spacial score (nSPS) is 14.2. The summed E-state index contributed by atoms with van der Waals surface area (Å²) in [6.07, 6.45) is 0.743. The largest absolute Gasteiger partial charge is 0.462 e. The molecule has 1 aliphatic rings. The summed E-state index contributed by atoms with van der Waals surface area (Å²) in [5.74, 6) is -0.531. The molecule has 0 spiro atoms. The highest BCUT2D eigenvalue weighted by Gasteiger charge is 2.30. The summed E-state index contributed by atoms with van der Waals surface area (Å²) in [4.78, 5) is 34.5. The summed E-state index contributed by atoms with van der Waals surface area (Å²) in [7, 11) is 0. The van der Waals surface area contributed by atoms with E-state index in [1.165, 1.54) is 28.7 Å². The average Bonchev–Trinajstić information content (AvgIpc) is 3.26. The zero-order valence-electron chi connectivity index (χ0n) is 21.8. The molecule has 0 fully saturated rings. The zero-order valence-corrected chi connectivity index (χ0v) is 23.5. The van der Waals surface area contributed by atoms with Gasteiger partial charge in [-0.15, -0.1) is 11.3 Å². The number of carbonyl (C=O) groups excluding carboxylic acids is 2. The molecule has 3 heterocycles. The maximum absolute atomic E-state index is 13.3. The van der Waals surface area contributed by atoms with Crippen molar-refractivity contribution in [1.82, 2.24) is 9.88 Å². The first kappa shape index (κ1) is 26.4. The molecule has 196 valence electrons. The SMILES string of the molecule is CCOC(=O)c1c(NC(=O)[C@H](C)Sc2cc(C)c3ccccc3n2)sc2c1CCN(Cc1ccccc1)C2. The van der Waals surface area contributed by atoms with Crippen molar-refractivity contribution in [2.24, 2.45) is 0 Å². The van der Waals surface area contributed by atoms with E-state index in [0.717, 1.165) is 58.0 Å². The van der Waals surface area contributed by atoms with Gasteiger partial charge in [0.05, 0.1) is 28.0 Å². The van der Waals surface area contributed by atoms with Crippen molar-refractivity contribution in [3.8, 4) is 0 Å². The maximum atomic E-state index is 13.3. The number of benzene rings is 2. The number of aryl methyl sites for hydroxylation is 1. The third-order valence-corrected chi connectivity index (χ3v) is 8.82. The Kier molecular flexibility index (Phi) is 8.12. The molecule has 1 atom stereocenters. The van der Waals surface area contributed by atoms with E-state index < -0.39 is 5.25 Å². The Balaban J connectivity index is 1.34. The monoisotopic (exact) mass is 545 g/mol. The number of fused-ring (bicyclic) bond motifs is 2. The van der Waals surface area contributed by atoms with E-state index in [1.807, 2.05) is 37.3 Å². The molecule has 1 N–H and O–H groups in total. The highest BCUT2D eigenvalue weighted by Crippen LogP contribution is 2.38. The molecule has 0 bridgehead atoms. The molecule has 0 unspecified atom stereocenters. The van der Waals surface area contributed by atoms with E-state index in [9.17, 15) is 9.59 Å². The van der Waals surface area contributed by atoms with Gasteiger partial charge in [0, 0.05) is 29.9 Å². The summed E-state index contributed by atoms with van der Waals surface area (Å²) < 4.78 is 5.39. The van der Waals surface area contributed by atoms with Crippen molar-refractivity contribution in [3.05, 3.63) is 87.8 Å². The predicted octanol–water partition coefficient (Wildman–Crippen LogP) is 6.46. The number of aromatic nitrogens is 1. The van der Waals surface area contributed by atoms with Gasteiger partial charge < -0.3 is 10.1 Å². The van der Waals surface area contributed by atoms with Gasteiger partial charge in [-0.1, -0.05) is 60.3 Å². The van der Waals surface area contributed by atoms with Crippen molar-refractivity contribution in [1.29, 1.82) is 0 Å². The number of esters is 1. The number of ether oxygens (including phenoxy) is 1. The van der Waals surface area contributed by atoms with Gasteiger partial charge in [-0.3, -0.25) is 9.69 Å². The van der Waals surface area contributed by atoms with Gasteiger partial charge in [-0.2, -0.15) is 0 Å². The highest BCUT2D eigenvalue weighted by atomic mass is 32.2. The quantitative estimate of drug-likeness (QED) is 0.202. The van der Waals surface area contributed by atoms with Crippen molar-refractivity contribution in [3.63, 3.8) is 0 Å². The van der Waals surface area contributed by atoms with Gasteiger partial charge >= 0.3 is 5.97 Å². The molecule has 1 aliphatic heterocycles. The van der Waals surface area contributed by atoms with E-state index in [1.54, 1.807) is 6.92 Å². The standard InChI is InChI=1S/C30H31N3O3S2/c1-4-36-30(35)27-23-14-15-33(17-21-10-6-5-7-11-21)18-25(23)38-29(27)32-28(34)20(3)37-26-16-19(2)22-12-8-9-13-24(22)31-26/h5-13,16,20H,4,14-15,17-18H2,1-3H3,(H,32,34)/t20-/m0/s1. The minimum Gasteiger partial charge on any atom is -0.462 e. The number of nitrogens with one attached hydrogen (secondary N) is 1. The van der Waals surface area contributed by atoms with Crippen LogP contribution in [-0.2, 0) is 29.0 Å². The summed E-state index contributed by atoms with van der Waals surface area (Å²) in [6.45, 7) is 8.44. The second-order valence-corrected chi connectivity index (χ2v) is 11.9. The van der Waals surface area contributed by atoms with E-state index in [2.05, 4.69) is 47.5 Å². The second-order valence-electron chi connectivity index (χ2n) is 9.42. The topological polar surface area (TPSA) is 71.5 Å². The van der Waals surface area contributed by atoms with Crippen LogP contribution in [0.5, 0.6) is 0 Å². The lowest BCUT2D eigenvalue weighted by Gasteiger charge is -2.27. The molecule has 2 aromatic carbocycles. The second kappa shape index (κ2) is 11.7. The number of hydrogen-bond donors (Lipinski definition) is 1. The van der Waals surface area contributed by atoms with E-state index in [4.69, 9.17) is 9.72 Å². The number of anilines is 1. The van der Waals surface area contributed by atoms with Gasteiger partial charge in [-0.05, 0) is 56.0 Å². The molecule has 4 aromatic rings. The number of hydrogen-bond acceptors (Lipinski definition) is 7. The van der Waals surface area contributed by atoms with Gasteiger partial charge in [0.25, 0.3) is 0 Å². The Bertz CT molecular complexity index is 1470. The number of para-hydroxylation sites is 1. The molecule has 0 radical (unpaired) electrons. The third-order valence-electron chi connectivity index (χ3n) is 6.67. The summed E-state index contributed by atoms with van der Waals surface area (Å²) in [5, 5.41) is 5.15. The smallest absolute Gasteiger partial charge is 0.341 e. The van der Waals surface area contributed by atoms with Crippen molar-refractivity contribution >= 4 is 50.9 Å². The fourth-order valence-electron chi connectivity index (χ4n) is 4.77. The molecule has 0 saturated carbocycles. The number of thiophene rings is 1. The first-order valence-electron chi connectivity index (χ1n) is 12.8. The molecule has 8 heteroatoms. The lowest BCUT2D eigenvalue weighted by Crippen LogP contribution is -2.30. The van der Waals surface area contributed by atoms with E-state index in [0.29, 0.717) is 10.6 Å². The first-order chi connectivity index (χ1) is 18.4. The van der Waals surface area contributed by atoms with Gasteiger partial charge in [-0.25, -0.2) is 9.78 Å². The Morgan fingerprint density at radius 1 is 1.16 bits per heavy atom. The highest BCUT2D eigenvalue weighted by molar-refractivity contribution is 8.00. The zero-order chi connectivity index (χ0) is 26.6. The van der Waals surface area contributed by atoms with Crippen LogP contribution in [0.1, 0.15) is 45.8 Å². The maximum Gasteiger partial charge on any atom is 0.341 e. The van der Waals surface area contributed by atoms with Crippen LogP contribution in [0.4, 0.5) is 5.00 Å². The van der Waals surface area contributed by atoms with E-state index >= 15 is 0 Å². The Morgan fingerprint density at radius 3 is 2.71 bits per heavy atom. The minimum absolute atomic E-state index is 0.159. The number of thioether (sulfide) groups is 1. The molecular weight excluding hydrogens is 514 g/mol. The molecule has 1 amide bonds. The molecular formula is C30H31N3O3S2. The van der Waals surface area contributed by atoms with Crippen molar-refractivity contribution < 1.29 is 14.3 Å². The van der Waals surface area contributed by atoms with Crippen LogP contribution >= 0.6 is 23.1 Å². The number of nitrogens with zero attached hydrogens (tertiary/aromatic N) is 2. The van der Waals surface area contributed by atoms with Crippen LogP contribution in [0.2, 0.25) is 0 Å². The third kappa shape index (κ3) is 5.77. The Hall–Kier alpha value is -3.20.